The average Bonchev–Trinajstić information content (AvgIpc) is 2.78. The van der Waals surface area contributed by atoms with E-state index < -0.39 is 0 Å². The van der Waals surface area contributed by atoms with E-state index in [1.165, 1.54) is 17.3 Å². The second-order valence-corrected chi connectivity index (χ2v) is 4.96. The third kappa shape index (κ3) is 3.33. The molecule has 0 saturated heterocycles. The zero-order valence-electron chi connectivity index (χ0n) is 10.0. The zero-order valence-corrected chi connectivity index (χ0v) is 10.8. The second kappa shape index (κ2) is 5.68. The first-order chi connectivity index (χ1) is 8.65. The number of primary amides is 1. The monoisotopic (exact) mass is 262 g/mol. The fourth-order valence-corrected chi connectivity index (χ4v) is 2.15. The Kier molecular flexibility index (Phi) is 3.99. The lowest BCUT2D eigenvalue weighted by Gasteiger charge is -1.96. The molecule has 0 radical (unpaired) electrons. The number of nitrogens with one attached hydrogen (secondary N) is 1. The number of aromatic amines is 1. The van der Waals surface area contributed by atoms with E-state index in [0.29, 0.717) is 17.3 Å². The van der Waals surface area contributed by atoms with Gasteiger partial charge in [0.1, 0.15) is 0 Å². The molecule has 1 aromatic carbocycles. The highest BCUT2D eigenvalue weighted by molar-refractivity contribution is 7.99. The van der Waals surface area contributed by atoms with Gasteiger partial charge in [0.05, 0.1) is 0 Å². The minimum absolute atomic E-state index is 0.309. The van der Waals surface area contributed by atoms with Crippen molar-refractivity contribution in [1.29, 1.82) is 0 Å². The fourth-order valence-electron chi connectivity index (χ4n) is 1.39. The standard InChI is InChI=1S/C12H14N4OS/c1-8-2-4-9(5-3-8)11-14-12(16-15-11)18-7-6-10(13)17/h2-5H,6-7H2,1H3,(H2,13,17)(H,14,15,16). The number of carbonyl (C=O) groups excluding carboxylic acids is 1. The van der Waals surface area contributed by atoms with Gasteiger partial charge in [-0.05, 0) is 6.92 Å². The predicted molar refractivity (Wildman–Crippen MR) is 71.1 cm³/mol. The first kappa shape index (κ1) is 12.6. The fraction of sp³-hybridized carbons (Fsp3) is 0.250. The molecule has 5 nitrogen and oxygen atoms in total. The number of aryl methyl sites for hydroxylation is 1. The maximum Gasteiger partial charge on any atom is 0.218 e. The Morgan fingerprint density at radius 3 is 2.78 bits per heavy atom. The molecule has 6 heteroatoms. The van der Waals surface area contributed by atoms with Crippen LogP contribution in [0.1, 0.15) is 12.0 Å². The van der Waals surface area contributed by atoms with E-state index in [1.807, 2.05) is 31.2 Å². The molecule has 1 heterocycles. The summed E-state index contributed by atoms with van der Waals surface area (Å²) in [7, 11) is 0. The topological polar surface area (TPSA) is 84.7 Å². The first-order valence-electron chi connectivity index (χ1n) is 5.55. The minimum Gasteiger partial charge on any atom is -0.370 e. The number of nitrogens with two attached hydrogens (primary N) is 1. The lowest BCUT2D eigenvalue weighted by atomic mass is 10.1. The molecule has 0 unspecified atom stereocenters. The smallest absolute Gasteiger partial charge is 0.218 e. The molecule has 2 rings (SSSR count). The van der Waals surface area contributed by atoms with Crippen molar-refractivity contribution in [2.24, 2.45) is 5.73 Å². The van der Waals surface area contributed by atoms with Crippen LogP contribution < -0.4 is 5.73 Å². The molecule has 2 aromatic rings. The Labute approximate surface area is 109 Å². The highest BCUT2D eigenvalue weighted by Crippen LogP contribution is 2.19. The summed E-state index contributed by atoms with van der Waals surface area (Å²) in [6, 6.07) is 8.04. The molecule has 0 atom stereocenters. The molecule has 0 aliphatic heterocycles. The Bertz CT molecular complexity index is 535. The summed E-state index contributed by atoms with van der Waals surface area (Å²) in [6.07, 6.45) is 0.332. The third-order valence-electron chi connectivity index (χ3n) is 2.37. The number of hydrogen-bond donors (Lipinski definition) is 2. The van der Waals surface area contributed by atoms with E-state index in [0.717, 1.165) is 11.4 Å². The van der Waals surface area contributed by atoms with Crippen LogP contribution in [0, 0.1) is 6.92 Å². The summed E-state index contributed by atoms with van der Waals surface area (Å²) < 4.78 is 0. The molecule has 3 N–H and O–H groups in total. The highest BCUT2D eigenvalue weighted by Gasteiger charge is 2.06. The molecule has 0 bridgehead atoms. The lowest BCUT2D eigenvalue weighted by molar-refractivity contribution is -0.117. The van der Waals surface area contributed by atoms with Crippen LogP contribution in [-0.2, 0) is 4.79 Å². The van der Waals surface area contributed by atoms with Crippen LogP contribution in [0.2, 0.25) is 0 Å². The van der Waals surface area contributed by atoms with Crippen LogP contribution in [0.4, 0.5) is 0 Å². The van der Waals surface area contributed by atoms with Gasteiger partial charge in [-0.1, -0.05) is 41.6 Å². The molecule has 0 aliphatic carbocycles. The lowest BCUT2D eigenvalue weighted by Crippen LogP contribution is -2.10. The molecule has 0 saturated carbocycles. The largest absolute Gasteiger partial charge is 0.370 e. The Balaban J connectivity index is 2.01. The Hall–Kier alpha value is -1.82. The van der Waals surface area contributed by atoms with Gasteiger partial charge in [0, 0.05) is 17.7 Å². The number of carbonyl (C=O) groups is 1. The van der Waals surface area contributed by atoms with Crippen LogP contribution in [0.3, 0.4) is 0 Å². The van der Waals surface area contributed by atoms with E-state index >= 15 is 0 Å². The van der Waals surface area contributed by atoms with Crippen LogP contribution >= 0.6 is 11.8 Å². The number of benzene rings is 1. The van der Waals surface area contributed by atoms with Gasteiger partial charge in [-0.3, -0.25) is 9.89 Å². The quantitative estimate of drug-likeness (QED) is 0.804. The number of amides is 1. The summed E-state index contributed by atoms with van der Waals surface area (Å²) in [5.41, 5.74) is 7.26. The summed E-state index contributed by atoms with van der Waals surface area (Å²) >= 11 is 1.41. The van der Waals surface area contributed by atoms with Gasteiger partial charge in [0.25, 0.3) is 0 Å². The predicted octanol–water partition coefficient (Wildman–Crippen LogP) is 1.75. The van der Waals surface area contributed by atoms with Crippen molar-refractivity contribution in [3.8, 4) is 11.4 Å². The number of rotatable bonds is 5. The number of nitrogens with zero attached hydrogens (tertiary/aromatic N) is 2. The molecule has 0 aliphatic rings. The minimum atomic E-state index is -0.309. The zero-order chi connectivity index (χ0) is 13.0. The molecule has 18 heavy (non-hydrogen) atoms. The normalized spacial score (nSPS) is 10.5. The number of aromatic nitrogens is 3. The highest BCUT2D eigenvalue weighted by atomic mass is 32.2. The summed E-state index contributed by atoms with van der Waals surface area (Å²) in [5.74, 6) is 1.02. The van der Waals surface area contributed by atoms with Crippen LogP contribution in [0.15, 0.2) is 29.4 Å². The summed E-state index contributed by atoms with van der Waals surface area (Å²) in [4.78, 5) is 15.0. The summed E-state index contributed by atoms with van der Waals surface area (Å²) in [5, 5.41) is 7.60. The summed E-state index contributed by atoms with van der Waals surface area (Å²) in [6.45, 7) is 2.04. The van der Waals surface area contributed by atoms with Gasteiger partial charge in [-0.2, -0.15) is 0 Å². The van der Waals surface area contributed by atoms with Gasteiger partial charge < -0.3 is 5.73 Å². The van der Waals surface area contributed by atoms with E-state index in [4.69, 9.17) is 5.73 Å². The van der Waals surface area contributed by atoms with Crippen molar-refractivity contribution in [1.82, 2.24) is 15.2 Å². The Morgan fingerprint density at radius 2 is 2.11 bits per heavy atom. The SMILES string of the molecule is Cc1ccc(-c2nc(SCCC(N)=O)n[nH]2)cc1. The van der Waals surface area contributed by atoms with Crippen molar-refractivity contribution in [2.45, 2.75) is 18.5 Å². The van der Waals surface area contributed by atoms with Gasteiger partial charge in [0.2, 0.25) is 11.1 Å². The van der Waals surface area contributed by atoms with Crippen molar-refractivity contribution in [3.63, 3.8) is 0 Å². The third-order valence-corrected chi connectivity index (χ3v) is 3.22. The Morgan fingerprint density at radius 1 is 1.39 bits per heavy atom. The van der Waals surface area contributed by atoms with Gasteiger partial charge in [-0.25, -0.2) is 4.98 Å². The van der Waals surface area contributed by atoms with Gasteiger partial charge >= 0.3 is 0 Å². The van der Waals surface area contributed by atoms with Crippen LogP contribution in [-0.4, -0.2) is 26.8 Å². The first-order valence-corrected chi connectivity index (χ1v) is 6.54. The molecular weight excluding hydrogens is 248 g/mol. The molecule has 0 fully saturated rings. The van der Waals surface area contributed by atoms with E-state index in [-0.39, 0.29) is 5.91 Å². The van der Waals surface area contributed by atoms with Crippen molar-refractivity contribution in [3.05, 3.63) is 29.8 Å². The van der Waals surface area contributed by atoms with Crippen molar-refractivity contribution >= 4 is 17.7 Å². The molecule has 0 spiro atoms. The van der Waals surface area contributed by atoms with Gasteiger partial charge in [0.15, 0.2) is 5.82 Å². The number of H-pyrrole nitrogens is 1. The average molecular weight is 262 g/mol. The van der Waals surface area contributed by atoms with Crippen LogP contribution in [0.5, 0.6) is 0 Å². The van der Waals surface area contributed by atoms with E-state index in [9.17, 15) is 4.79 Å². The van der Waals surface area contributed by atoms with Crippen LogP contribution in [0.25, 0.3) is 11.4 Å². The molecule has 1 aromatic heterocycles. The molecule has 94 valence electrons. The van der Waals surface area contributed by atoms with Crippen molar-refractivity contribution in [2.75, 3.05) is 5.75 Å². The number of hydrogen-bond acceptors (Lipinski definition) is 4. The molecule has 1 amide bonds. The maximum absolute atomic E-state index is 10.6. The van der Waals surface area contributed by atoms with Crippen molar-refractivity contribution < 1.29 is 4.79 Å². The van der Waals surface area contributed by atoms with E-state index in [1.54, 1.807) is 0 Å². The molecular formula is C12H14N4OS. The maximum atomic E-state index is 10.6. The second-order valence-electron chi connectivity index (χ2n) is 3.90. The number of thioether (sulfide) groups is 1. The van der Waals surface area contributed by atoms with E-state index in [2.05, 4.69) is 15.2 Å². The van der Waals surface area contributed by atoms with Gasteiger partial charge in [-0.15, -0.1) is 5.10 Å².